The molecule has 0 aromatic heterocycles. The number of hydrogen-bond donors (Lipinski definition) is 1. The van der Waals surface area contributed by atoms with Crippen molar-refractivity contribution < 1.29 is 19.2 Å². The summed E-state index contributed by atoms with van der Waals surface area (Å²) in [6.07, 6.45) is 0. The molecule has 0 fully saturated rings. The lowest BCUT2D eigenvalue weighted by Crippen LogP contribution is -2.26. The van der Waals surface area contributed by atoms with Crippen molar-refractivity contribution >= 4 is 17.6 Å². The second kappa shape index (κ2) is 5.70. The third-order valence-corrected chi connectivity index (χ3v) is 1.10. The summed E-state index contributed by atoms with van der Waals surface area (Å²) in [5.41, 5.74) is 3.54. The van der Waals surface area contributed by atoms with Crippen molar-refractivity contribution in [2.75, 3.05) is 6.61 Å². The topological polar surface area (TPSA) is 115 Å². The molecule has 0 aliphatic heterocycles. The number of carbonyl (C=O) groups is 2. The summed E-state index contributed by atoms with van der Waals surface area (Å²) in [6.45, 7) is 4.59. The van der Waals surface area contributed by atoms with Crippen molar-refractivity contribution in [1.29, 1.82) is 5.26 Å². The Bertz CT molecular complexity index is 349. The molecule has 0 saturated heterocycles. The van der Waals surface area contributed by atoms with E-state index in [1.807, 2.05) is 0 Å². The molecule has 0 atom stereocenters. The van der Waals surface area contributed by atoms with Crippen LogP contribution in [0.4, 0.5) is 0 Å². The van der Waals surface area contributed by atoms with Gasteiger partial charge in [0, 0.05) is 0 Å². The highest BCUT2D eigenvalue weighted by Crippen LogP contribution is 2.06. The second-order valence-electron chi connectivity index (χ2n) is 3.78. The number of esters is 1. The molecule has 0 aromatic rings. The van der Waals surface area contributed by atoms with Crippen molar-refractivity contribution in [3.63, 3.8) is 0 Å². The van der Waals surface area contributed by atoms with Crippen LogP contribution in [0, 0.1) is 11.3 Å². The first-order valence-corrected chi connectivity index (χ1v) is 4.38. The molecule has 7 nitrogen and oxygen atoms in total. The number of nitrogens with two attached hydrogens (primary N) is 1. The molecular weight excluding hydrogens is 214 g/mol. The van der Waals surface area contributed by atoms with Gasteiger partial charge in [-0.05, 0) is 20.8 Å². The normalized spacial score (nSPS) is 11.5. The maximum absolute atomic E-state index is 11.1. The van der Waals surface area contributed by atoms with E-state index in [-0.39, 0.29) is 0 Å². The highest BCUT2D eigenvalue weighted by Gasteiger charge is 2.16. The van der Waals surface area contributed by atoms with E-state index in [1.165, 1.54) is 6.07 Å². The number of primary amides is 1. The SMILES string of the molecule is CC(C)(C)OC(=O)CO/N=C(\C#N)C(N)=O. The fourth-order valence-electron chi connectivity index (χ4n) is 0.641. The minimum absolute atomic E-state index is 0.490. The molecule has 88 valence electrons. The number of carbonyl (C=O) groups excluding carboxylic acids is 2. The molecule has 0 spiro atoms. The Kier molecular flexibility index (Phi) is 4.95. The summed E-state index contributed by atoms with van der Waals surface area (Å²) in [7, 11) is 0. The van der Waals surface area contributed by atoms with Gasteiger partial charge in [-0.15, -0.1) is 0 Å². The Morgan fingerprint density at radius 3 is 2.38 bits per heavy atom. The van der Waals surface area contributed by atoms with E-state index in [4.69, 9.17) is 15.7 Å². The standard InChI is InChI=1S/C9H13N3O4/c1-9(2,3)16-7(13)5-15-12-6(4-10)8(11)14/h5H2,1-3H3,(H2,11,14)/b12-6+. The van der Waals surface area contributed by atoms with Crippen LogP contribution < -0.4 is 5.73 Å². The monoisotopic (exact) mass is 227 g/mol. The van der Waals surface area contributed by atoms with Crippen LogP contribution in [0.1, 0.15) is 20.8 Å². The zero-order valence-corrected chi connectivity index (χ0v) is 9.31. The zero-order valence-electron chi connectivity index (χ0n) is 9.31. The van der Waals surface area contributed by atoms with Gasteiger partial charge in [0.15, 0.2) is 0 Å². The highest BCUT2D eigenvalue weighted by molar-refractivity contribution is 6.44. The fourth-order valence-corrected chi connectivity index (χ4v) is 0.641. The average Bonchev–Trinajstić information content (AvgIpc) is 2.08. The first-order chi connectivity index (χ1) is 7.26. The van der Waals surface area contributed by atoms with Crippen LogP contribution in [0.2, 0.25) is 0 Å². The second-order valence-corrected chi connectivity index (χ2v) is 3.78. The van der Waals surface area contributed by atoms with Gasteiger partial charge < -0.3 is 15.3 Å². The van der Waals surface area contributed by atoms with Gasteiger partial charge in [0.25, 0.3) is 5.91 Å². The lowest BCUT2D eigenvalue weighted by Gasteiger charge is -2.18. The molecule has 16 heavy (non-hydrogen) atoms. The third kappa shape index (κ3) is 6.37. The maximum atomic E-state index is 11.1. The third-order valence-electron chi connectivity index (χ3n) is 1.10. The Labute approximate surface area is 92.8 Å². The number of nitriles is 1. The van der Waals surface area contributed by atoms with Gasteiger partial charge in [0.2, 0.25) is 12.3 Å². The molecule has 0 saturated carbocycles. The maximum Gasteiger partial charge on any atom is 0.347 e. The van der Waals surface area contributed by atoms with Crippen LogP contribution in [0.25, 0.3) is 0 Å². The van der Waals surface area contributed by atoms with Gasteiger partial charge in [-0.25, -0.2) is 4.79 Å². The van der Waals surface area contributed by atoms with Gasteiger partial charge in [0.1, 0.15) is 11.7 Å². The first-order valence-electron chi connectivity index (χ1n) is 4.38. The predicted octanol–water partition coefficient (Wildman–Crippen LogP) is -0.290. The Morgan fingerprint density at radius 1 is 1.44 bits per heavy atom. The van der Waals surface area contributed by atoms with Crippen LogP contribution in [0.3, 0.4) is 0 Å². The van der Waals surface area contributed by atoms with Crippen molar-refractivity contribution in [3.8, 4) is 6.07 Å². The van der Waals surface area contributed by atoms with Crippen LogP contribution >= 0.6 is 0 Å². The Balaban J connectivity index is 4.14. The van der Waals surface area contributed by atoms with E-state index in [9.17, 15) is 9.59 Å². The van der Waals surface area contributed by atoms with E-state index in [2.05, 4.69) is 9.99 Å². The van der Waals surface area contributed by atoms with Gasteiger partial charge in [0.05, 0.1) is 0 Å². The number of rotatable bonds is 4. The van der Waals surface area contributed by atoms with Crippen LogP contribution in [-0.2, 0) is 19.2 Å². The molecule has 0 unspecified atom stereocenters. The molecule has 0 aliphatic carbocycles. The lowest BCUT2D eigenvalue weighted by molar-refractivity contribution is -0.160. The molecule has 7 heteroatoms. The van der Waals surface area contributed by atoms with Gasteiger partial charge >= 0.3 is 5.97 Å². The van der Waals surface area contributed by atoms with Gasteiger partial charge in [-0.2, -0.15) is 5.26 Å². The lowest BCUT2D eigenvalue weighted by atomic mass is 10.2. The van der Waals surface area contributed by atoms with Crippen LogP contribution in [0.15, 0.2) is 5.16 Å². The van der Waals surface area contributed by atoms with E-state index in [1.54, 1.807) is 20.8 Å². The summed E-state index contributed by atoms with van der Waals surface area (Å²) in [6, 6.07) is 1.42. The van der Waals surface area contributed by atoms with Crippen LogP contribution in [0.5, 0.6) is 0 Å². The summed E-state index contributed by atoms with van der Waals surface area (Å²) in [5, 5.41) is 11.5. The zero-order chi connectivity index (χ0) is 12.8. The summed E-state index contributed by atoms with van der Waals surface area (Å²) in [4.78, 5) is 26.0. The molecule has 1 amide bonds. The number of amides is 1. The number of hydrogen-bond acceptors (Lipinski definition) is 6. The van der Waals surface area contributed by atoms with E-state index >= 15 is 0 Å². The van der Waals surface area contributed by atoms with Crippen molar-refractivity contribution in [1.82, 2.24) is 0 Å². The predicted molar refractivity (Wildman–Crippen MR) is 54.0 cm³/mol. The first kappa shape index (κ1) is 13.9. The van der Waals surface area contributed by atoms with Crippen molar-refractivity contribution in [2.45, 2.75) is 26.4 Å². The highest BCUT2D eigenvalue weighted by atomic mass is 16.7. The van der Waals surface area contributed by atoms with Gasteiger partial charge in [-0.1, -0.05) is 5.16 Å². The number of nitrogens with zero attached hydrogens (tertiary/aromatic N) is 2. The molecule has 0 aromatic carbocycles. The molecule has 0 radical (unpaired) electrons. The average molecular weight is 227 g/mol. The fraction of sp³-hybridized carbons (Fsp3) is 0.556. The molecule has 0 heterocycles. The summed E-state index contributed by atoms with van der Waals surface area (Å²) >= 11 is 0. The number of ether oxygens (including phenoxy) is 1. The van der Waals surface area contributed by atoms with E-state index in [0.29, 0.717) is 0 Å². The van der Waals surface area contributed by atoms with Crippen LogP contribution in [-0.4, -0.2) is 29.8 Å². The van der Waals surface area contributed by atoms with E-state index in [0.717, 1.165) is 0 Å². The summed E-state index contributed by atoms with van der Waals surface area (Å²) in [5.74, 6) is -1.68. The van der Waals surface area contributed by atoms with E-state index < -0.39 is 29.8 Å². The van der Waals surface area contributed by atoms with Crippen molar-refractivity contribution in [3.05, 3.63) is 0 Å². The minimum atomic E-state index is -1.02. The quantitative estimate of drug-likeness (QED) is 0.402. The van der Waals surface area contributed by atoms with Gasteiger partial charge in [-0.3, -0.25) is 4.79 Å². The Morgan fingerprint density at radius 2 is 2.00 bits per heavy atom. The van der Waals surface area contributed by atoms with Crippen molar-refractivity contribution in [2.24, 2.45) is 10.9 Å². The number of oxime groups is 1. The minimum Gasteiger partial charge on any atom is -0.457 e. The molecular formula is C9H13N3O4. The summed E-state index contributed by atoms with van der Waals surface area (Å²) < 4.78 is 4.88. The smallest absolute Gasteiger partial charge is 0.347 e. The molecule has 0 bridgehead atoms. The molecule has 2 N–H and O–H groups in total. The molecule has 0 rings (SSSR count). The largest absolute Gasteiger partial charge is 0.457 e. The Hall–Kier alpha value is -2.10. The molecule has 0 aliphatic rings.